The summed E-state index contributed by atoms with van der Waals surface area (Å²) in [6, 6.07) is 5.99. The highest BCUT2D eigenvalue weighted by Crippen LogP contribution is 2.40. The van der Waals surface area contributed by atoms with Crippen molar-refractivity contribution in [1.29, 1.82) is 0 Å². The normalized spacial score (nSPS) is 24.9. The number of carbonyl (C=O) groups is 1. The molecule has 2 aromatic rings. The van der Waals surface area contributed by atoms with Crippen LogP contribution >= 0.6 is 0 Å². The van der Waals surface area contributed by atoms with Crippen LogP contribution in [-0.4, -0.2) is 27.6 Å². The van der Waals surface area contributed by atoms with Crippen LogP contribution in [0.4, 0.5) is 0 Å². The number of hydrogen-bond donors (Lipinski definition) is 1. The van der Waals surface area contributed by atoms with Crippen LogP contribution in [0.15, 0.2) is 24.4 Å². The zero-order valence-electron chi connectivity index (χ0n) is 14.4. The second-order valence-electron chi connectivity index (χ2n) is 7.00. The van der Waals surface area contributed by atoms with Gasteiger partial charge < -0.3 is 14.6 Å². The number of nitrogens with zero attached hydrogens (tertiary/aromatic N) is 2. The molecule has 2 aliphatic heterocycles. The summed E-state index contributed by atoms with van der Waals surface area (Å²) in [6.07, 6.45) is 3.99. The van der Waals surface area contributed by atoms with Crippen LogP contribution in [-0.2, 0) is 13.0 Å². The highest BCUT2D eigenvalue weighted by Gasteiger charge is 2.32. The molecule has 0 radical (unpaired) electrons. The summed E-state index contributed by atoms with van der Waals surface area (Å²) in [5.74, 6) is 2.15. The molecule has 3 heterocycles. The Morgan fingerprint density at radius 3 is 3.04 bits per heavy atom. The minimum atomic E-state index is -0.0431. The number of carbonyl (C=O) groups excluding carboxylic acids is 1. The van der Waals surface area contributed by atoms with Crippen LogP contribution in [0.5, 0.6) is 5.75 Å². The van der Waals surface area contributed by atoms with Gasteiger partial charge in [0.15, 0.2) is 0 Å². The Hall–Kier alpha value is -2.30. The zero-order chi connectivity index (χ0) is 16.8. The molecule has 2 aliphatic rings. The molecule has 5 nitrogen and oxygen atoms in total. The lowest BCUT2D eigenvalue weighted by Gasteiger charge is -2.25. The first kappa shape index (κ1) is 15.2. The molecule has 1 aromatic carbocycles. The Bertz CT molecular complexity index is 796. The lowest BCUT2D eigenvalue weighted by molar-refractivity contribution is 0.0922. The molecule has 0 fully saturated rings. The van der Waals surface area contributed by atoms with E-state index in [2.05, 4.69) is 41.0 Å². The van der Waals surface area contributed by atoms with Crippen molar-refractivity contribution >= 4 is 5.91 Å². The number of aromatic nitrogens is 2. The summed E-state index contributed by atoms with van der Waals surface area (Å²) < 4.78 is 8.10. The first-order valence-corrected chi connectivity index (χ1v) is 8.66. The SMILES string of the molecule is Cc1cn2c(n1)CC[C@H](NC(=O)c1cccc3c1O[C@@H](C)[C@@H]3C)C2. The van der Waals surface area contributed by atoms with Crippen molar-refractivity contribution in [1.82, 2.24) is 14.9 Å². The molecular weight excluding hydrogens is 302 g/mol. The number of benzene rings is 1. The Morgan fingerprint density at radius 1 is 1.38 bits per heavy atom. The van der Waals surface area contributed by atoms with E-state index in [1.54, 1.807) is 0 Å². The van der Waals surface area contributed by atoms with E-state index in [1.165, 1.54) is 0 Å². The summed E-state index contributed by atoms with van der Waals surface area (Å²) in [5.41, 5.74) is 2.82. The largest absolute Gasteiger partial charge is 0.489 e. The van der Waals surface area contributed by atoms with Gasteiger partial charge in [0.05, 0.1) is 11.3 Å². The van der Waals surface area contributed by atoms with Gasteiger partial charge in [-0.2, -0.15) is 0 Å². The van der Waals surface area contributed by atoms with E-state index in [0.29, 0.717) is 11.5 Å². The number of aryl methyl sites for hydroxylation is 2. The van der Waals surface area contributed by atoms with Crippen molar-refractivity contribution in [2.24, 2.45) is 0 Å². The third kappa shape index (κ3) is 2.48. The summed E-state index contributed by atoms with van der Waals surface area (Å²) in [7, 11) is 0. The number of fused-ring (bicyclic) bond motifs is 2. The first-order valence-electron chi connectivity index (χ1n) is 8.66. The van der Waals surface area contributed by atoms with Crippen LogP contribution in [0, 0.1) is 6.92 Å². The highest BCUT2D eigenvalue weighted by atomic mass is 16.5. The summed E-state index contributed by atoms with van der Waals surface area (Å²) in [5, 5.41) is 3.18. The van der Waals surface area contributed by atoms with Gasteiger partial charge >= 0.3 is 0 Å². The molecule has 1 N–H and O–H groups in total. The molecule has 0 spiro atoms. The summed E-state index contributed by atoms with van der Waals surface area (Å²) in [6.45, 7) is 6.98. The van der Waals surface area contributed by atoms with E-state index in [-0.39, 0.29) is 18.1 Å². The number of rotatable bonds is 2. The van der Waals surface area contributed by atoms with Gasteiger partial charge in [-0.3, -0.25) is 4.79 Å². The fraction of sp³-hybridized carbons (Fsp3) is 0.474. The second kappa shape index (κ2) is 5.65. The maximum absolute atomic E-state index is 12.8. The quantitative estimate of drug-likeness (QED) is 0.924. The average Bonchev–Trinajstić information content (AvgIpc) is 3.06. The van der Waals surface area contributed by atoms with Gasteiger partial charge in [0.25, 0.3) is 5.91 Å². The van der Waals surface area contributed by atoms with E-state index < -0.39 is 0 Å². The first-order chi connectivity index (χ1) is 11.5. The van der Waals surface area contributed by atoms with Gasteiger partial charge in [0, 0.05) is 36.7 Å². The molecule has 126 valence electrons. The molecule has 0 aliphatic carbocycles. The third-order valence-electron chi connectivity index (χ3n) is 5.24. The molecule has 1 aromatic heterocycles. The summed E-state index contributed by atoms with van der Waals surface area (Å²) in [4.78, 5) is 17.3. The van der Waals surface area contributed by atoms with E-state index in [4.69, 9.17) is 4.74 Å². The fourth-order valence-electron chi connectivity index (χ4n) is 3.73. The zero-order valence-corrected chi connectivity index (χ0v) is 14.4. The average molecular weight is 325 g/mol. The predicted octanol–water partition coefficient (Wildman–Crippen LogP) is 2.82. The van der Waals surface area contributed by atoms with E-state index in [1.807, 2.05) is 19.1 Å². The summed E-state index contributed by atoms with van der Waals surface area (Å²) >= 11 is 0. The van der Waals surface area contributed by atoms with Crippen molar-refractivity contribution in [2.75, 3.05) is 0 Å². The Kier molecular flexibility index (Phi) is 3.59. The highest BCUT2D eigenvalue weighted by molar-refractivity contribution is 5.97. The molecule has 0 saturated carbocycles. The van der Waals surface area contributed by atoms with Gasteiger partial charge in [-0.1, -0.05) is 19.1 Å². The van der Waals surface area contributed by atoms with Gasteiger partial charge in [-0.05, 0) is 26.3 Å². The standard InChI is InChI=1S/C19H23N3O2/c1-11-9-22-10-14(7-8-17(22)20-11)21-19(23)16-6-4-5-15-12(2)13(3)24-18(15)16/h4-6,9,12-14H,7-8,10H2,1-3H3,(H,21,23)/t12-,13-,14-/m0/s1. The predicted molar refractivity (Wildman–Crippen MR) is 91.5 cm³/mol. The number of hydrogen-bond acceptors (Lipinski definition) is 3. The van der Waals surface area contributed by atoms with E-state index in [0.717, 1.165) is 42.2 Å². The van der Waals surface area contributed by atoms with Crippen LogP contribution < -0.4 is 10.1 Å². The van der Waals surface area contributed by atoms with Crippen molar-refractivity contribution in [3.05, 3.63) is 47.0 Å². The van der Waals surface area contributed by atoms with Crippen LogP contribution in [0.25, 0.3) is 0 Å². The number of imidazole rings is 1. The number of amides is 1. The smallest absolute Gasteiger partial charge is 0.255 e. The van der Waals surface area contributed by atoms with Gasteiger partial charge in [0.2, 0.25) is 0 Å². The lowest BCUT2D eigenvalue weighted by Crippen LogP contribution is -2.41. The molecule has 0 bridgehead atoms. The van der Waals surface area contributed by atoms with Gasteiger partial charge in [0.1, 0.15) is 17.7 Å². The Morgan fingerprint density at radius 2 is 2.21 bits per heavy atom. The van der Waals surface area contributed by atoms with Crippen molar-refractivity contribution in [3.8, 4) is 5.75 Å². The molecule has 0 unspecified atom stereocenters. The van der Waals surface area contributed by atoms with Crippen molar-refractivity contribution in [2.45, 2.75) is 58.2 Å². The number of ether oxygens (including phenoxy) is 1. The molecule has 24 heavy (non-hydrogen) atoms. The molecule has 4 rings (SSSR count). The Labute approximate surface area is 142 Å². The monoisotopic (exact) mass is 325 g/mol. The topological polar surface area (TPSA) is 56.2 Å². The number of para-hydroxylation sites is 1. The second-order valence-corrected chi connectivity index (χ2v) is 7.00. The molecule has 3 atom stereocenters. The maximum atomic E-state index is 12.8. The fourth-order valence-corrected chi connectivity index (χ4v) is 3.73. The van der Waals surface area contributed by atoms with Crippen LogP contribution in [0.1, 0.15) is 53.6 Å². The van der Waals surface area contributed by atoms with E-state index in [9.17, 15) is 4.79 Å². The van der Waals surface area contributed by atoms with E-state index >= 15 is 0 Å². The van der Waals surface area contributed by atoms with Gasteiger partial charge in [-0.25, -0.2) is 4.98 Å². The number of nitrogens with one attached hydrogen (secondary N) is 1. The molecule has 5 heteroatoms. The molecule has 1 amide bonds. The van der Waals surface area contributed by atoms with Crippen molar-refractivity contribution in [3.63, 3.8) is 0 Å². The lowest BCUT2D eigenvalue weighted by atomic mass is 9.96. The van der Waals surface area contributed by atoms with Crippen LogP contribution in [0.3, 0.4) is 0 Å². The minimum Gasteiger partial charge on any atom is -0.489 e. The van der Waals surface area contributed by atoms with Crippen molar-refractivity contribution < 1.29 is 9.53 Å². The minimum absolute atomic E-state index is 0.0431. The van der Waals surface area contributed by atoms with Gasteiger partial charge in [-0.15, -0.1) is 0 Å². The maximum Gasteiger partial charge on any atom is 0.255 e. The molecule has 0 saturated heterocycles. The third-order valence-corrected chi connectivity index (χ3v) is 5.24. The van der Waals surface area contributed by atoms with Crippen LogP contribution in [0.2, 0.25) is 0 Å². The Balaban J connectivity index is 1.52. The molecular formula is C19H23N3O2.